The van der Waals surface area contributed by atoms with Crippen LogP contribution in [0.3, 0.4) is 0 Å². The summed E-state index contributed by atoms with van der Waals surface area (Å²) in [6.07, 6.45) is 5.90. The molecule has 0 spiro atoms. The molecule has 2 aliphatic rings. The smallest absolute Gasteiger partial charge is 0.0294 e. The minimum atomic E-state index is 0.487. The predicted molar refractivity (Wildman–Crippen MR) is 76.7 cm³/mol. The lowest BCUT2D eigenvalue weighted by atomic mass is 9.97. The van der Waals surface area contributed by atoms with Crippen LogP contribution in [0, 0.1) is 25.2 Å². The molecule has 0 heterocycles. The highest BCUT2D eigenvalue weighted by atomic mass is 14.9. The third kappa shape index (κ3) is 2.33. The molecule has 1 aromatic carbocycles. The monoisotopic (exact) mass is 243 g/mol. The van der Waals surface area contributed by atoms with Crippen molar-refractivity contribution < 1.29 is 0 Å². The van der Waals surface area contributed by atoms with Gasteiger partial charge in [0, 0.05) is 12.6 Å². The Hall–Kier alpha value is -0.820. The highest BCUT2D eigenvalue weighted by molar-refractivity contribution is 5.32. The minimum absolute atomic E-state index is 0.487. The van der Waals surface area contributed by atoms with Crippen molar-refractivity contribution >= 4 is 0 Å². The molecule has 3 rings (SSSR count). The summed E-state index contributed by atoms with van der Waals surface area (Å²) in [5.41, 5.74) is 4.96. The zero-order chi connectivity index (χ0) is 12.8. The molecule has 1 unspecified atom stereocenters. The molecule has 0 amide bonds. The fraction of sp³-hybridized carbons (Fsp3) is 0.647. The molecule has 1 aromatic rings. The summed E-state index contributed by atoms with van der Waals surface area (Å²) in [5.74, 6) is 1.05. The third-order valence-electron chi connectivity index (χ3n) is 5.00. The molecule has 0 saturated heterocycles. The molecular formula is C17H25N. The van der Waals surface area contributed by atoms with Crippen molar-refractivity contribution in [1.29, 1.82) is 0 Å². The maximum absolute atomic E-state index is 3.79. The maximum atomic E-state index is 3.79. The Balaban J connectivity index is 1.63. The molecule has 2 aliphatic carbocycles. The van der Waals surface area contributed by atoms with Gasteiger partial charge in [-0.1, -0.05) is 23.8 Å². The molecule has 98 valence electrons. The lowest BCUT2D eigenvalue weighted by Gasteiger charge is -2.21. The lowest BCUT2D eigenvalue weighted by molar-refractivity contribution is 0.381. The molecular weight excluding hydrogens is 218 g/mol. The fourth-order valence-electron chi connectivity index (χ4n) is 3.28. The molecule has 1 N–H and O–H groups in total. The van der Waals surface area contributed by atoms with Crippen LogP contribution in [0.1, 0.15) is 55.3 Å². The molecule has 0 radical (unpaired) electrons. The van der Waals surface area contributed by atoms with Crippen LogP contribution in [0.2, 0.25) is 0 Å². The van der Waals surface area contributed by atoms with Crippen molar-refractivity contribution in [1.82, 2.24) is 5.32 Å². The number of rotatable bonds is 5. The van der Waals surface area contributed by atoms with E-state index in [0.29, 0.717) is 11.5 Å². The summed E-state index contributed by atoms with van der Waals surface area (Å²) in [5, 5.41) is 3.79. The van der Waals surface area contributed by atoms with E-state index < -0.39 is 0 Å². The van der Waals surface area contributed by atoms with Gasteiger partial charge in [0.05, 0.1) is 0 Å². The SMILES string of the molecule is Cc1ccc(C)c(C(C)NCC2(C3CC3)CC2)c1. The molecule has 0 bridgehead atoms. The van der Waals surface area contributed by atoms with Gasteiger partial charge in [0.15, 0.2) is 0 Å². The standard InChI is InChI=1S/C17H25N/c1-12-4-5-13(2)16(10-12)14(3)18-11-17(8-9-17)15-6-7-15/h4-5,10,14-15,18H,6-9,11H2,1-3H3. The molecule has 2 fully saturated rings. The average Bonchev–Trinajstić information content (AvgIpc) is 3.21. The van der Waals surface area contributed by atoms with E-state index in [-0.39, 0.29) is 0 Å². The summed E-state index contributed by atoms with van der Waals surface area (Å²) in [6, 6.07) is 7.28. The van der Waals surface area contributed by atoms with Crippen molar-refractivity contribution in [3.8, 4) is 0 Å². The predicted octanol–water partition coefficient (Wildman–Crippen LogP) is 4.14. The summed E-state index contributed by atoms with van der Waals surface area (Å²) in [4.78, 5) is 0. The minimum Gasteiger partial charge on any atom is -0.310 e. The van der Waals surface area contributed by atoms with Crippen LogP contribution in [0.15, 0.2) is 18.2 Å². The van der Waals surface area contributed by atoms with Crippen LogP contribution in [0.25, 0.3) is 0 Å². The van der Waals surface area contributed by atoms with E-state index in [9.17, 15) is 0 Å². The van der Waals surface area contributed by atoms with Crippen molar-refractivity contribution in [3.63, 3.8) is 0 Å². The molecule has 1 nitrogen and oxygen atoms in total. The fourth-order valence-corrected chi connectivity index (χ4v) is 3.28. The number of nitrogens with one attached hydrogen (secondary N) is 1. The van der Waals surface area contributed by atoms with Gasteiger partial charge in [-0.2, -0.15) is 0 Å². The van der Waals surface area contributed by atoms with Gasteiger partial charge in [0.2, 0.25) is 0 Å². The van der Waals surface area contributed by atoms with Gasteiger partial charge in [0.1, 0.15) is 0 Å². The highest BCUT2D eigenvalue weighted by Crippen LogP contribution is 2.60. The van der Waals surface area contributed by atoms with Gasteiger partial charge in [-0.25, -0.2) is 0 Å². The summed E-state index contributed by atoms with van der Waals surface area (Å²) in [6.45, 7) is 7.94. The van der Waals surface area contributed by atoms with Gasteiger partial charge in [0.25, 0.3) is 0 Å². The summed E-state index contributed by atoms with van der Waals surface area (Å²) < 4.78 is 0. The third-order valence-corrected chi connectivity index (χ3v) is 5.00. The topological polar surface area (TPSA) is 12.0 Å². The second-order valence-corrected chi connectivity index (χ2v) is 6.60. The van der Waals surface area contributed by atoms with Crippen LogP contribution in [0.4, 0.5) is 0 Å². The van der Waals surface area contributed by atoms with E-state index in [1.165, 1.54) is 48.9 Å². The second-order valence-electron chi connectivity index (χ2n) is 6.60. The summed E-state index contributed by atoms with van der Waals surface area (Å²) in [7, 11) is 0. The normalized spacial score (nSPS) is 22.8. The van der Waals surface area contributed by atoms with E-state index in [1.807, 2.05) is 0 Å². The largest absolute Gasteiger partial charge is 0.310 e. The van der Waals surface area contributed by atoms with Crippen LogP contribution in [-0.4, -0.2) is 6.54 Å². The zero-order valence-electron chi connectivity index (χ0n) is 11.9. The maximum Gasteiger partial charge on any atom is 0.0294 e. The molecule has 18 heavy (non-hydrogen) atoms. The van der Waals surface area contributed by atoms with Crippen molar-refractivity contribution in [2.24, 2.45) is 11.3 Å². The second kappa shape index (κ2) is 4.38. The first-order valence-corrected chi connectivity index (χ1v) is 7.41. The number of aryl methyl sites for hydroxylation is 2. The van der Waals surface area contributed by atoms with E-state index in [0.717, 1.165) is 5.92 Å². The molecule has 1 heteroatoms. The summed E-state index contributed by atoms with van der Waals surface area (Å²) >= 11 is 0. The van der Waals surface area contributed by atoms with Crippen LogP contribution >= 0.6 is 0 Å². The first-order chi connectivity index (χ1) is 8.61. The Kier molecular flexibility index (Phi) is 2.97. The highest BCUT2D eigenvalue weighted by Gasteiger charge is 2.53. The van der Waals surface area contributed by atoms with Gasteiger partial charge in [-0.3, -0.25) is 0 Å². The molecule has 2 saturated carbocycles. The quantitative estimate of drug-likeness (QED) is 0.819. The molecule has 0 aliphatic heterocycles. The zero-order valence-corrected chi connectivity index (χ0v) is 11.9. The first kappa shape index (κ1) is 12.2. The Bertz CT molecular complexity index is 441. The first-order valence-electron chi connectivity index (χ1n) is 7.41. The van der Waals surface area contributed by atoms with Gasteiger partial charge in [-0.15, -0.1) is 0 Å². The Labute approximate surface area is 111 Å². The Morgan fingerprint density at radius 1 is 1.28 bits per heavy atom. The van der Waals surface area contributed by atoms with E-state index in [1.54, 1.807) is 0 Å². The van der Waals surface area contributed by atoms with Crippen LogP contribution < -0.4 is 5.32 Å². The van der Waals surface area contributed by atoms with E-state index in [2.05, 4.69) is 44.3 Å². The number of hydrogen-bond donors (Lipinski definition) is 1. The van der Waals surface area contributed by atoms with Gasteiger partial charge < -0.3 is 5.32 Å². The Morgan fingerprint density at radius 3 is 2.61 bits per heavy atom. The van der Waals surface area contributed by atoms with E-state index in [4.69, 9.17) is 0 Å². The van der Waals surface area contributed by atoms with Crippen LogP contribution in [-0.2, 0) is 0 Å². The van der Waals surface area contributed by atoms with Crippen molar-refractivity contribution in [2.75, 3.05) is 6.54 Å². The van der Waals surface area contributed by atoms with Crippen LogP contribution in [0.5, 0.6) is 0 Å². The molecule has 1 atom stereocenters. The van der Waals surface area contributed by atoms with Gasteiger partial charge in [-0.05, 0) is 68.9 Å². The van der Waals surface area contributed by atoms with Crippen molar-refractivity contribution in [3.05, 3.63) is 34.9 Å². The number of hydrogen-bond acceptors (Lipinski definition) is 1. The molecule has 0 aromatic heterocycles. The van der Waals surface area contributed by atoms with Crippen molar-refractivity contribution in [2.45, 2.75) is 52.5 Å². The lowest BCUT2D eigenvalue weighted by Crippen LogP contribution is -2.28. The number of benzene rings is 1. The van der Waals surface area contributed by atoms with Gasteiger partial charge >= 0.3 is 0 Å². The Morgan fingerprint density at radius 2 is 2.00 bits per heavy atom. The average molecular weight is 243 g/mol. The van der Waals surface area contributed by atoms with E-state index >= 15 is 0 Å².